The van der Waals surface area contributed by atoms with Crippen molar-refractivity contribution in [3.63, 3.8) is 0 Å². The minimum absolute atomic E-state index is 0. The van der Waals surface area contributed by atoms with Crippen molar-refractivity contribution >= 4 is 12.4 Å². The van der Waals surface area contributed by atoms with Crippen LogP contribution in [-0.4, -0.2) is 6.61 Å². The molecule has 0 heterocycles. The molecule has 0 bridgehead atoms. The molecule has 3 heteroatoms. The summed E-state index contributed by atoms with van der Waals surface area (Å²) in [6, 6.07) is 8.19. The minimum Gasteiger partial charge on any atom is -0.494 e. The Hall–Kier alpha value is -0.730. The summed E-state index contributed by atoms with van der Waals surface area (Å²) < 4.78 is 5.45. The first-order valence-electron chi connectivity index (χ1n) is 5.61. The zero-order valence-electron chi connectivity index (χ0n) is 10.3. The molecule has 0 radical (unpaired) electrons. The third kappa shape index (κ3) is 4.86. The smallest absolute Gasteiger partial charge is 0.119 e. The molecule has 2 nitrogen and oxygen atoms in total. The van der Waals surface area contributed by atoms with E-state index in [0.717, 1.165) is 17.7 Å². The lowest BCUT2D eigenvalue weighted by Gasteiger charge is -2.15. The Morgan fingerprint density at radius 3 is 2.56 bits per heavy atom. The van der Waals surface area contributed by atoms with Crippen LogP contribution in [0.5, 0.6) is 5.75 Å². The van der Waals surface area contributed by atoms with Crippen LogP contribution in [0.2, 0.25) is 0 Å². The van der Waals surface area contributed by atoms with Crippen LogP contribution in [0.15, 0.2) is 24.3 Å². The maximum Gasteiger partial charge on any atom is 0.119 e. The van der Waals surface area contributed by atoms with Gasteiger partial charge < -0.3 is 10.5 Å². The average molecular weight is 244 g/mol. The van der Waals surface area contributed by atoms with Crippen LogP contribution < -0.4 is 10.5 Å². The highest BCUT2D eigenvalue weighted by Gasteiger charge is 2.08. The zero-order valence-corrected chi connectivity index (χ0v) is 11.1. The summed E-state index contributed by atoms with van der Waals surface area (Å²) in [6.45, 7) is 7.06. The summed E-state index contributed by atoms with van der Waals surface area (Å²) in [5.74, 6) is 1.53. The molecule has 0 spiro atoms. The van der Waals surface area contributed by atoms with Crippen molar-refractivity contribution in [1.29, 1.82) is 0 Å². The second kappa shape index (κ2) is 7.53. The first-order valence-corrected chi connectivity index (χ1v) is 5.61. The highest BCUT2D eigenvalue weighted by molar-refractivity contribution is 5.85. The molecule has 0 saturated heterocycles. The van der Waals surface area contributed by atoms with E-state index in [-0.39, 0.29) is 18.4 Å². The quantitative estimate of drug-likeness (QED) is 0.859. The Morgan fingerprint density at radius 1 is 1.31 bits per heavy atom. The Morgan fingerprint density at radius 2 is 2.00 bits per heavy atom. The second-order valence-corrected chi connectivity index (χ2v) is 4.24. The second-order valence-electron chi connectivity index (χ2n) is 4.24. The van der Waals surface area contributed by atoms with E-state index in [1.165, 1.54) is 0 Å². The van der Waals surface area contributed by atoms with Gasteiger partial charge in [-0.1, -0.05) is 26.0 Å². The fraction of sp³-hybridized carbons (Fsp3) is 0.538. The van der Waals surface area contributed by atoms with Crippen LogP contribution in [-0.2, 0) is 0 Å². The first-order chi connectivity index (χ1) is 7.13. The molecular weight excluding hydrogens is 222 g/mol. The Kier molecular flexibility index (Phi) is 7.18. The fourth-order valence-electron chi connectivity index (χ4n) is 1.65. The Balaban J connectivity index is 0.00000225. The molecule has 1 atom stereocenters. The van der Waals surface area contributed by atoms with E-state index < -0.39 is 0 Å². The zero-order chi connectivity index (χ0) is 11.3. The molecule has 0 aliphatic rings. The lowest BCUT2D eigenvalue weighted by Crippen LogP contribution is -2.12. The van der Waals surface area contributed by atoms with Gasteiger partial charge in [0.15, 0.2) is 0 Å². The molecule has 0 unspecified atom stereocenters. The van der Waals surface area contributed by atoms with E-state index in [0.29, 0.717) is 12.5 Å². The highest BCUT2D eigenvalue weighted by atomic mass is 35.5. The van der Waals surface area contributed by atoms with Gasteiger partial charge in [-0.3, -0.25) is 0 Å². The maximum absolute atomic E-state index is 6.11. The molecule has 1 aromatic rings. The van der Waals surface area contributed by atoms with Crippen LogP contribution in [0.3, 0.4) is 0 Å². The van der Waals surface area contributed by atoms with Crippen LogP contribution in [0.1, 0.15) is 38.8 Å². The summed E-state index contributed by atoms with van der Waals surface area (Å²) in [5, 5.41) is 0. The van der Waals surface area contributed by atoms with E-state index in [4.69, 9.17) is 10.5 Å². The van der Waals surface area contributed by atoms with Gasteiger partial charge in [0.1, 0.15) is 5.75 Å². The number of hydrogen-bond acceptors (Lipinski definition) is 2. The van der Waals surface area contributed by atoms with Crippen molar-refractivity contribution in [2.45, 2.75) is 33.2 Å². The van der Waals surface area contributed by atoms with Crippen LogP contribution in [0, 0.1) is 5.92 Å². The lowest BCUT2D eigenvalue weighted by molar-refractivity contribution is 0.339. The number of hydrogen-bond donors (Lipinski definition) is 1. The van der Waals surface area contributed by atoms with E-state index >= 15 is 0 Å². The van der Waals surface area contributed by atoms with E-state index in [9.17, 15) is 0 Å². The number of nitrogens with two attached hydrogens (primary N) is 1. The molecule has 0 aliphatic heterocycles. The molecule has 1 rings (SSSR count). The highest BCUT2D eigenvalue weighted by Crippen LogP contribution is 2.22. The summed E-state index contributed by atoms with van der Waals surface area (Å²) in [4.78, 5) is 0. The van der Waals surface area contributed by atoms with Crippen molar-refractivity contribution < 1.29 is 4.74 Å². The molecule has 0 fully saturated rings. The maximum atomic E-state index is 6.11. The van der Waals surface area contributed by atoms with Gasteiger partial charge in [-0.05, 0) is 37.0 Å². The van der Waals surface area contributed by atoms with Crippen LogP contribution in [0.4, 0.5) is 0 Å². The van der Waals surface area contributed by atoms with E-state index in [1.54, 1.807) is 0 Å². The van der Waals surface area contributed by atoms with E-state index in [2.05, 4.69) is 19.9 Å². The van der Waals surface area contributed by atoms with Crippen molar-refractivity contribution in [3.05, 3.63) is 29.8 Å². The number of halogens is 1. The molecule has 92 valence electrons. The van der Waals surface area contributed by atoms with Gasteiger partial charge in [-0.15, -0.1) is 12.4 Å². The first kappa shape index (κ1) is 15.3. The molecule has 0 aromatic heterocycles. The van der Waals surface area contributed by atoms with Gasteiger partial charge in [0.2, 0.25) is 0 Å². The largest absolute Gasteiger partial charge is 0.494 e. The summed E-state index contributed by atoms with van der Waals surface area (Å²) in [5.41, 5.74) is 7.27. The molecule has 0 aliphatic carbocycles. The molecule has 1 aromatic carbocycles. The fourth-order valence-corrected chi connectivity index (χ4v) is 1.65. The van der Waals surface area contributed by atoms with Crippen molar-refractivity contribution in [3.8, 4) is 5.75 Å². The van der Waals surface area contributed by atoms with Gasteiger partial charge in [0.05, 0.1) is 6.61 Å². The standard InChI is InChI=1S/C13H21NO.ClH/c1-4-15-12-7-5-6-11(9-12)13(14)8-10(2)3;/h5-7,9-10,13H,4,8,14H2,1-3H3;1H/t13-;/m1./s1. The molecular formula is C13H22ClNO. The van der Waals surface area contributed by atoms with Gasteiger partial charge >= 0.3 is 0 Å². The summed E-state index contributed by atoms with van der Waals surface area (Å²) in [7, 11) is 0. The molecule has 0 saturated carbocycles. The SMILES string of the molecule is CCOc1cccc([C@H](N)CC(C)C)c1.Cl. The van der Waals surface area contributed by atoms with Gasteiger partial charge in [-0.25, -0.2) is 0 Å². The summed E-state index contributed by atoms with van der Waals surface area (Å²) in [6.07, 6.45) is 1.01. The predicted molar refractivity (Wildman–Crippen MR) is 71.2 cm³/mol. The Labute approximate surface area is 105 Å². The van der Waals surface area contributed by atoms with E-state index in [1.807, 2.05) is 25.1 Å². The van der Waals surface area contributed by atoms with Gasteiger partial charge in [-0.2, -0.15) is 0 Å². The average Bonchev–Trinajstić information content (AvgIpc) is 2.17. The topological polar surface area (TPSA) is 35.2 Å². The van der Waals surface area contributed by atoms with Crippen LogP contribution >= 0.6 is 12.4 Å². The monoisotopic (exact) mass is 243 g/mol. The third-order valence-electron chi connectivity index (χ3n) is 2.32. The lowest BCUT2D eigenvalue weighted by atomic mass is 9.98. The number of benzene rings is 1. The van der Waals surface area contributed by atoms with Crippen molar-refractivity contribution in [2.75, 3.05) is 6.61 Å². The third-order valence-corrected chi connectivity index (χ3v) is 2.32. The predicted octanol–water partition coefficient (Wildman–Crippen LogP) is 3.55. The van der Waals surface area contributed by atoms with Crippen LogP contribution in [0.25, 0.3) is 0 Å². The number of rotatable bonds is 5. The molecule has 16 heavy (non-hydrogen) atoms. The van der Waals surface area contributed by atoms with Crippen molar-refractivity contribution in [2.24, 2.45) is 11.7 Å². The Bertz CT molecular complexity index is 302. The summed E-state index contributed by atoms with van der Waals surface area (Å²) >= 11 is 0. The van der Waals surface area contributed by atoms with Crippen molar-refractivity contribution in [1.82, 2.24) is 0 Å². The molecule has 0 amide bonds. The minimum atomic E-state index is 0. The molecule has 2 N–H and O–H groups in total. The normalized spacial score (nSPS) is 12.1. The van der Waals surface area contributed by atoms with Gasteiger partial charge in [0, 0.05) is 6.04 Å². The van der Waals surface area contributed by atoms with Gasteiger partial charge in [0.25, 0.3) is 0 Å². The number of ether oxygens (including phenoxy) is 1.